The molecule has 52 heavy (non-hydrogen) atoms. The van der Waals surface area contributed by atoms with Gasteiger partial charge in [-0.05, 0) is 60.2 Å². The van der Waals surface area contributed by atoms with Gasteiger partial charge in [0.2, 0.25) is 0 Å². The topological polar surface area (TPSA) is 29.5 Å². The number of furan rings is 2. The number of anilines is 3. The summed E-state index contributed by atoms with van der Waals surface area (Å²) in [4.78, 5) is 2.26. The first-order valence-electron chi connectivity index (χ1n) is 17.5. The largest absolute Gasteiger partial charge is 0.455 e. The van der Waals surface area contributed by atoms with E-state index in [2.05, 4.69) is 169 Å². The Labute approximate surface area is 303 Å². The van der Waals surface area contributed by atoms with Crippen molar-refractivity contribution in [3.63, 3.8) is 0 Å². The van der Waals surface area contributed by atoms with Gasteiger partial charge >= 0.3 is 0 Å². The molecule has 11 aromatic rings. The fraction of sp³-hybridized carbons (Fsp3) is 0. The minimum Gasteiger partial charge on any atom is -0.455 e. The minimum atomic E-state index is 0.840. The number of thiophene rings is 1. The van der Waals surface area contributed by atoms with Gasteiger partial charge in [-0.3, -0.25) is 0 Å². The number of nitrogens with zero attached hydrogens (tertiary/aromatic N) is 1. The first kappa shape index (κ1) is 29.1. The van der Waals surface area contributed by atoms with E-state index in [1.165, 1.54) is 20.2 Å². The molecule has 0 radical (unpaired) electrons. The molecule has 244 valence electrons. The molecule has 4 heteroatoms. The van der Waals surface area contributed by atoms with Crippen LogP contribution in [-0.4, -0.2) is 0 Å². The highest BCUT2D eigenvalue weighted by Gasteiger charge is 2.20. The third kappa shape index (κ3) is 4.45. The van der Waals surface area contributed by atoms with Crippen molar-refractivity contribution < 1.29 is 8.83 Å². The molecule has 0 amide bonds. The zero-order chi connectivity index (χ0) is 34.2. The van der Waals surface area contributed by atoms with Crippen LogP contribution in [0.5, 0.6) is 0 Å². The molecule has 8 aromatic carbocycles. The minimum absolute atomic E-state index is 0.840. The van der Waals surface area contributed by atoms with Gasteiger partial charge in [-0.15, -0.1) is 11.3 Å². The summed E-state index contributed by atoms with van der Waals surface area (Å²) in [6.07, 6.45) is 0. The van der Waals surface area contributed by atoms with Gasteiger partial charge in [0.05, 0.1) is 0 Å². The van der Waals surface area contributed by atoms with Gasteiger partial charge < -0.3 is 13.7 Å². The summed E-state index contributed by atoms with van der Waals surface area (Å²) in [7, 11) is 0. The summed E-state index contributed by atoms with van der Waals surface area (Å²) in [5, 5.41) is 6.93. The maximum atomic E-state index is 6.93. The predicted molar refractivity (Wildman–Crippen MR) is 219 cm³/mol. The molecule has 0 saturated heterocycles. The maximum Gasteiger partial charge on any atom is 0.143 e. The van der Waals surface area contributed by atoms with Crippen LogP contribution in [0.25, 0.3) is 86.3 Å². The van der Waals surface area contributed by atoms with Crippen molar-refractivity contribution in [1.29, 1.82) is 0 Å². The lowest BCUT2D eigenvalue weighted by atomic mass is 9.98. The molecule has 0 atom stereocenters. The zero-order valence-corrected chi connectivity index (χ0v) is 28.7. The summed E-state index contributed by atoms with van der Waals surface area (Å²) in [6.45, 7) is 0. The van der Waals surface area contributed by atoms with E-state index in [0.717, 1.165) is 83.2 Å². The van der Waals surface area contributed by atoms with Gasteiger partial charge in [0.25, 0.3) is 0 Å². The van der Waals surface area contributed by atoms with Crippen molar-refractivity contribution in [1.82, 2.24) is 0 Å². The van der Waals surface area contributed by atoms with E-state index in [1.54, 1.807) is 0 Å². The van der Waals surface area contributed by atoms with E-state index in [9.17, 15) is 0 Å². The molecule has 11 rings (SSSR count). The number of para-hydroxylation sites is 5. The second-order valence-corrected chi connectivity index (χ2v) is 14.3. The second-order valence-electron chi connectivity index (χ2n) is 13.2. The van der Waals surface area contributed by atoms with E-state index >= 15 is 0 Å². The summed E-state index contributed by atoms with van der Waals surface area (Å²) >= 11 is 1.84. The average Bonchev–Trinajstić information content (AvgIpc) is 3.90. The Morgan fingerprint density at radius 3 is 1.62 bits per heavy atom. The molecular formula is C48H29NO2S. The summed E-state index contributed by atoms with van der Waals surface area (Å²) < 4.78 is 16.3. The Morgan fingerprint density at radius 2 is 0.904 bits per heavy atom. The van der Waals surface area contributed by atoms with Crippen molar-refractivity contribution in [2.75, 3.05) is 4.90 Å². The highest BCUT2D eigenvalue weighted by molar-refractivity contribution is 7.25. The van der Waals surface area contributed by atoms with Crippen LogP contribution in [0.4, 0.5) is 17.1 Å². The van der Waals surface area contributed by atoms with Crippen LogP contribution in [0, 0.1) is 0 Å². The van der Waals surface area contributed by atoms with E-state index in [0.29, 0.717) is 0 Å². The van der Waals surface area contributed by atoms with Crippen LogP contribution < -0.4 is 4.90 Å². The fourth-order valence-electron chi connectivity index (χ4n) is 7.89. The third-order valence-electron chi connectivity index (χ3n) is 10.3. The van der Waals surface area contributed by atoms with Crippen LogP contribution in [-0.2, 0) is 0 Å². The van der Waals surface area contributed by atoms with Gasteiger partial charge in [0, 0.05) is 81.5 Å². The van der Waals surface area contributed by atoms with E-state index in [4.69, 9.17) is 8.83 Å². The molecule has 3 heterocycles. The number of hydrogen-bond donors (Lipinski definition) is 0. The SMILES string of the molecule is c1ccc(N(c2ccccc2)c2ccc3c(c2)oc2c(-c4cccc5c4oc4c(-c6ccc7sc8ccccc8c7c6)cccc45)cccc23)cc1. The Hall–Kier alpha value is -6.62. The molecule has 3 aromatic heterocycles. The zero-order valence-electron chi connectivity index (χ0n) is 27.9. The van der Waals surface area contributed by atoms with Crippen LogP contribution in [0.15, 0.2) is 185 Å². The van der Waals surface area contributed by atoms with Crippen LogP contribution >= 0.6 is 11.3 Å². The molecule has 0 fully saturated rings. The highest BCUT2D eigenvalue weighted by atomic mass is 32.1. The quantitative estimate of drug-likeness (QED) is 0.181. The lowest BCUT2D eigenvalue weighted by Crippen LogP contribution is -2.09. The number of fused-ring (bicyclic) bond motifs is 9. The molecule has 0 aliphatic carbocycles. The first-order chi connectivity index (χ1) is 25.8. The summed E-state index contributed by atoms with van der Waals surface area (Å²) in [5.74, 6) is 0. The highest BCUT2D eigenvalue weighted by Crippen LogP contribution is 2.45. The lowest BCUT2D eigenvalue weighted by molar-refractivity contribution is 0.665. The van der Waals surface area contributed by atoms with Crippen LogP contribution in [0.1, 0.15) is 0 Å². The Morgan fingerprint density at radius 1 is 0.346 bits per heavy atom. The third-order valence-corrected chi connectivity index (χ3v) is 11.4. The Bertz CT molecular complexity index is 3090. The van der Waals surface area contributed by atoms with E-state index in [1.807, 2.05) is 23.5 Å². The van der Waals surface area contributed by atoms with Gasteiger partial charge in [-0.1, -0.05) is 115 Å². The number of hydrogen-bond acceptors (Lipinski definition) is 4. The summed E-state index contributed by atoms with van der Waals surface area (Å²) in [5.41, 5.74) is 10.9. The van der Waals surface area contributed by atoms with Crippen molar-refractivity contribution in [2.45, 2.75) is 0 Å². The molecule has 0 N–H and O–H groups in total. The smallest absolute Gasteiger partial charge is 0.143 e. The first-order valence-corrected chi connectivity index (χ1v) is 18.3. The van der Waals surface area contributed by atoms with E-state index < -0.39 is 0 Å². The van der Waals surface area contributed by atoms with Crippen molar-refractivity contribution in [3.05, 3.63) is 176 Å². The molecule has 0 bridgehead atoms. The van der Waals surface area contributed by atoms with Gasteiger partial charge in [-0.2, -0.15) is 0 Å². The van der Waals surface area contributed by atoms with Crippen LogP contribution in [0.3, 0.4) is 0 Å². The number of rotatable bonds is 5. The predicted octanol–water partition coefficient (Wildman–Crippen LogP) is 14.7. The molecule has 0 aliphatic heterocycles. The monoisotopic (exact) mass is 683 g/mol. The van der Waals surface area contributed by atoms with Crippen molar-refractivity contribution >= 4 is 92.4 Å². The normalized spacial score (nSPS) is 11.8. The molecular weight excluding hydrogens is 655 g/mol. The Balaban J connectivity index is 1.07. The van der Waals surface area contributed by atoms with Crippen molar-refractivity contribution in [2.24, 2.45) is 0 Å². The lowest BCUT2D eigenvalue weighted by Gasteiger charge is -2.25. The maximum absolute atomic E-state index is 6.93. The van der Waals surface area contributed by atoms with E-state index in [-0.39, 0.29) is 0 Å². The molecule has 3 nitrogen and oxygen atoms in total. The Kier molecular flexibility index (Phi) is 6.42. The standard InChI is InChI=1S/C48H29NO2S/c1-3-12-31(13-4-1)49(32-14-5-2-6-15-32)33-25-26-35-37-18-10-20-39(47(37)50-43(35)29-33)41-22-11-21-40-38-19-9-17-34(46(38)51-48(40)41)30-24-27-45-42(28-30)36-16-7-8-23-44(36)52-45/h1-29H. The number of benzene rings is 8. The summed E-state index contributed by atoms with van der Waals surface area (Å²) in [6, 6.07) is 62.2. The van der Waals surface area contributed by atoms with Gasteiger partial charge in [0.15, 0.2) is 0 Å². The fourth-order valence-corrected chi connectivity index (χ4v) is 8.98. The average molecular weight is 684 g/mol. The van der Waals surface area contributed by atoms with Gasteiger partial charge in [-0.25, -0.2) is 0 Å². The second kappa shape index (κ2) is 11.5. The van der Waals surface area contributed by atoms with Crippen LogP contribution in [0.2, 0.25) is 0 Å². The van der Waals surface area contributed by atoms with Crippen molar-refractivity contribution in [3.8, 4) is 22.3 Å². The van der Waals surface area contributed by atoms with Gasteiger partial charge in [0.1, 0.15) is 22.3 Å². The molecule has 0 spiro atoms. The molecule has 0 saturated carbocycles. The molecule has 0 aliphatic rings. The molecule has 0 unspecified atom stereocenters.